The van der Waals surface area contributed by atoms with Crippen LogP contribution in [0.1, 0.15) is 31.9 Å². The van der Waals surface area contributed by atoms with Crippen molar-refractivity contribution in [2.75, 3.05) is 13.2 Å². The van der Waals surface area contributed by atoms with Crippen LogP contribution in [0.4, 0.5) is 4.79 Å². The first-order valence-corrected chi connectivity index (χ1v) is 6.43. The predicted molar refractivity (Wildman–Crippen MR) is 74.9 cm³/mol. The Morgan fingerprint density at radius 3 is 2.70 bits per heavy atom. The molecule has 0 heterocycles. The molecule has 0 aliphatic rings. The van der Waals surface area contributed by atoms with Gasteiger partial charge in [0.25, 0.3) is 0 Å². The van der Waals surface area contributed by atoms with E-state index in [0.717, 1.165) is 5.56 Å². The van der Waals surface area contributed by atoms with Crippen LogP contribution in [0.2, 0.25) is 0 Å². The molecule has 1 N–H and O–H groups in total. The van der Waals surface area contributed by atoms with Gasteiger partial charge >= 0.3 is 6.09 Å². The van der Waals surface area contributed by atoms with Gasteiger partial charge in [-0.05, 0) is 38.5 Å². The molecule has 0 atom stereocenters. The first-order chi connectivity index (χ1) is 9.35. The number of hydrogen-bond acceptors (Lipinski definition) is 4. The molecule has 20 heavy (non-hydrogen) atoms. The molecule has 0 radical (unpaired) electrons. The molecule has 0 saturated carbocycles. The van der Waals surface area contributed by atoms with Gasteiger partial charge in [-0.25, -0.2) is 4.79 Å². The molecule has 108 valence electrons. The minimum absolute atomic E-state index is 0.142. The molecule has 0 fully saturated rings. The van der Waals surface area contributed by atoms with Crippen molar-refractivity contribution in [3.05, 3.63) is 35.4 Å². The predicted octanol–water partition coefficient (Wildman–Crippen LogP) is 2.29. The van der Waals surface area contributed by atoms with E-state index in [9.17, 15) is 4.79 Å². The Labute approximate surface area is 119 Å². The van der Waals surface area contributed by atoms with Gasteiger partial charge in [0, 0.05) is 13.1 Å². The van der Waals surface area contributed by atoms with E-state index in [2.05, 4.69) is 6.07 Å². The minimum atomic E-state index is -0.584. The van der Waals surface area contributed by atoms with Crippen LogP contribution in [-0.4, -0.2) is 34.9 Å². The number of nitrogens with zero attached hydrogens (tertiary/aromatic N) is 2. The number of ether oxygens (including phenoxy) is 1. The summed E-state index contributed by atoms with van der Waals surface area (Å²) in [6, 6.07) is 9.07. The van der Waals surface area contributed by atoms with Crippen LogP contribution in [0.15, 0.2) is 24.3 Å². The zero-order valence-corrected chi connectivity index (χ0v) is 12.1. The van der Waals surface area contributed by atoms with Crippen LogP contribution in [0, 0.1) is 11.3 Å². The highest BCUT2D eigenvalue weighted by molar-refractivity contribution is 5.68. The number of amides is 1. The minimum Gasteiger partial charge on any atom is -0.444 e. The molecule has 0 saturated heterocycles. The highest BCUT2D eigenvalue weighted by atomic mass is 16.6. The number of carbonyl (C=O) groups is 1. The number of nitriles is 1. The van der Waals surface area contributed by atoms with E-state index in [4.69, 9.17) is 15.1 Å². The standard InChI is InChI=1S/C15H20N2O3/c1-15(2,3)20-14(19)17(7-8-18)11-13-6-4-5-12(9-13)10-16/h4-6,9,18H,7-8,11H2,1-3H3. The SMILES string of the molecule is CC(C)(C)OC(=O)N(CCO)Cc1cccc(C#N)c1. The molecule has 0 bridgehead atoms. The van der Waals surface area contributed by atoms with Crippen LogP contribution in [0.3, 0.4) is 0 Å². The zero-order valence-electron chi connectivity index (χ0n) is 12.1. The zero-order chi connectivity index (χ0) is 15.2. The first-order valence-electron chi connectivity index (χ1n) is 6.43. The van der Waals surface area contributed by atoms with Gasteiger partial charge in [-0.1, -0.05) is 12.1 Å². The van der Waals surface area contributed by atoms with Crippen molar-refractivity contribution in [3.8, 4) is 6.07 Å². The Kier molecular flexibility index (Phi) is 5.53. The molecule has 0 aliphatic carbocycles. The van der Waals surface area contributed by atoms with Crippen molar-refractivity contribution in [1.82, 2.24) is 4.90 Å². The van der Waals surface area contributed by atoms with Gasteiger partial charge in [0.15, 0.2) is 0 Å². The van der Waals surface area contributed by atoms with Crippen molar-refractivity contribution < 1.29 is 14.6 Å². The second-order valence-electron chi connectivity index (χ2n) is 5.44. The molecule has 1 amide bonds. The molecule has 1 aromatic rings. The van der Waals surface area contributed by atoms with Crippen LogP contribution in [0.25, 0.3) is 0 Å². The van der Waals surface area contributed by atoms with E-state index < -0.39 is 11.7 Å². The Morgan fingerprint density at radius 2 is 2.15 bits per heavy atom. The second kappa shape index (κ2) is 6.92. The normalized spacial score (nSPS) is 10.8. The molecular formula is C15H20N2O3. The summed E-state index contributed by atoms with van der Waals surface area (Å²) in [5.74, 6) is 0. The summed E-state index contributed by atoms with van der Waals surface area (Å²) in [7, 11) is 0. The summed E-state index contributed by atoms with van der Waals surface area (Å²) in [5.41, 5.74) is 0.776. The maximum atomic E-state index is 12.0. The summed E-state index contributed by atoms with van der Waals surface area (Å²) in [4.78, 5) is 13.5. The molecular weight excluding hydrogens is 256 g/mol. The molecule has 5 nitrogen and oxygen atoms in total. The van der Waals surface area contributed by atoms with Gasteiger partial charge in [-0.2, -0.15) is 5.26 Å². The summed E-state index contributed by atoms with van der Waals surface area (Å²) in [5, 5.41) is 17.9. The lowest BCUT2D eigenvalue weighted by molar-refractivity contribution is 0.0201. The first kappa shape index (κ1) is 16.0. The largest absolute Gasteiger partial charge is 0.444 e. The third kappa shape index (κ3) is 5.29. The fourth-order valence-electron chi connectivity index (χ4n) is 1.64. The molecule has 0 aromatic heterocycles. The van der Waals surface area contributed by atoms with Crippen LogP contribution < -0.4 is 0 Å². The number of carbonyl (C=O) groups excluding carboxylic acids is 1. The van der Waals surface area contributed by atoms with Crippen molar-refractivity contribution in [2.45, 2.75) is 32.9 Å². The lowest BCUT2D eigenvalue weighted by atomic mass is 10.1. The van der Waals surface area contributed by atoms with E-state index in [0.29, 0.717) is 12.1 Å². The molecule has 1 aromatic carbocycles. The number of aliphatic hydroxyl groups is 1. The van der Waals surface area contributed by atoms with Gasteiger partial charge in [0.05, 0.1) is 18.2 Å². The Bertz CT molecular complexity index is 501. The Balaban J connectivity index is 2.81. The van der Waals surface area contributed by atoms with E-state index in [-0.39, 0.29) is 13.2 Å². The van der Waals surface area contributed by atoms with E-state index in [1.54, 1.807) is 39.0 Å². The highest BCUT2D eigenvalue weighted by Gasteiger charge is 2.21. The average Bonchev–Trinajstić information content (AvgIpc) is 2.36. The number of rotatable bonds is 4. The van der Waals surface area contributed by atoms with Crippen LogP contribution in [0.5, 0.6) is 0 Å². The highest BCUT2D eigenvalue weighted by Crippen LogP contribution is 2.13. The fraction of sp³-hybridized carbons (Fsp3) is 0.467. The number of aliphatic hydroxyl groups excluding tert-OH is 1. The summed E-state index contributed by atoms with van der Waals surface area (Å²) in [6.45, 7) is 5.71. The Hall–Kier alpha value is -2.06. The maximum absolute atomic E-state index is 12.0. The summed E-state index contributed by atoms with van der Waals surface area (Å²) in [6.07, 6.45) is -0.478. The molecule has 5 heteroatoms. The van der Waals surface area contributed by atoms with E-state index in [1.807, 2.05) is 6.07 Å². The quantitative estimate of drug-likeness (QED) is 0.915. The molecule has 0 unspecified atom stereocenters. The van der Waals surface area contributed by atoms with E-state index >= 15 is 0 Å². The van der Waals surface area contributed by atoms with E-state index in [1.165, 1.54) is 4.90 Å². The Morgan fingerprint density at radius 1 is 1.45 bits per heavy atom. The summed E-state index contributed by atoms with van der Waals surface area (Å²) >= 11 is 0. The van der Waals surface area contributed by atoms with Crippen LogP contribution >= 0.6 is 0 Å². The lowest BCUT2D eigenvalue weighted by Crippen LogP contribution is -2.38. The lowest BCUT2D eigenvalue weighted by Gasteiger charge is -2.27. The van der Waals surface area contributed by atoms with Gasteiger partial charge in [-0.15, -0.1) is 0 Å². The maximum Gasteiger partial charge on any atom is 0.410 e. The van der Waals surface area contributed by atoms with Crippen molar-refractivity contribution in [1.29, 1.82) is 5.26 Å². The molecule has 0 aliphatic heterocycles. The van der Waals surface area contributed by atoms with Gasteiger partial charge in [-0.3, -0.25) is 0 Å². The number of benzene rings is 1. The monoisotopic (exact) mass is 276 g/mol. The average molecular weight is 276 g/mol. The van der Waals surface area contributed by atoms with Gasteiger partial charge < -0.3 is 14.7 Å². The molecule has 0 spiro atoms. The van der Waals surface area contributed by atoms with Crippen molar-refractivity contribution in [3.63, 3.8) is 0 Å². The van der Waals surface area contributed by atoms with Crippen molar-refractivity contribution in [2.24, 2.45) is 0 Å². The second-order valence-corrected chi connectivity index (χ2v) is 5.44. The van der Waals surface area contributed by atoms with Gasteiger partial charge in [0.1, 0.15) is 5.60 Å². The fourth-order valence-corrected chi connectivity index (χ4v) is 1.64. The topological polar surface area (TPSA) is 73.6 Å². The third-order valence-electron chi connectivity index (χ3n) is 2.45. The molecule has 1 rings (SSSR count). The van der Waals surface area contributed by atoms with Crippen molar-refractivity contribution >= 4 is 6.09 Å². The smallest absolute Gasteiger partial charge is 0.410 e. The van der Waals surface area contributed by atoms with Crippen LogP contribution in [-0.2, 0) is 11.3 Å². The third-order valence-corrected chi connectivity index (χ3v) is 2.45. The summed E-state index contributed by atoms with van der Waals surface area (Å²) < 4.78 is 5.29. The van der Waals surface area contributed by atoms with Gasteiger partial charge in [0.2, 0.25) is 0 Å². The number of hydrogen-bond donors (Lipinski definition) is 1.